The molecule has 1 aliphatic heterocycles. The predicted molar refractivity (Wildman–Crippen MR) is 126 cm³/mol. The van der Waals surface area contributed by atoms with Gasteiger partial charge in [0.2, 0.25) is 0 Å². The zero-order valence-corrected chi connectivity index (χ0v) is 18.4. The second kappa shape index (κ2) is 8.04. The largest absolute Gasteiger partial charge is 0.363 e. The smallest absolute Gasteiger partial charge is 0.267 e. The summed E-state index contributed by atoms with van der Waals surface area (Å²) < 4.78 is 1.97. The van der Waals surface area contributed by atoms with Gasteiger partial charge in [-0.1, -0.05) is 60.4 Å². The maximum Gasteiger partial charge on any atom is 0.267 e. The van der Waals surface area contributed by atoms with Crippen LogP contribution in [0.15, 0.2) is 58.4 Å². The maximum atomic E-state index is 13.3. The molecule has 1 saturated heterocycles. The van der Waals surface area contributed by atoms with Crippen molar-refractivity contribution in [3.63, 3.8) is 0 Å². The van der Waals surface area contributed by atoms with Gasteiger partial charge in [0.1, 0.15) is 15.8 Å². The number of anilines is 1. The summed E-state index contributed by atoms with van der Waals surface area (Å²) in [6.07, 6.45) is 3.28. The fraction of sp³-hybridized carbons (Fsp3) is 0.182. The molecular weight excluding hydrogens is 416 g/mol. The Hall–Kier alpha value is -2.97. The zero-order valence-electron chi connectivity index (χ0n) is 16.7. The summed E-state index contributed by atoms with van der Waals surface area (Å²) in [6.45, 7) is 3.92. The van der Waals surface area contributed by atoms with E-state index in [-0.39, 0.29) is 17.5 Å². The average molecular weight is 437 g/mol. The van der Waals surface area contributed by atoms with Crippen LogP contribution >= 0.6 is 24.0 Å². The molecule has 152 valence electrons. The minimum absolute atomic E-state index is 0.0857. The van der Waals surface area contributed by atoms with Gasteiger partial charge in [-0.05, 0) is 37.1 Å². The Balaban J connectivity index is 1.88. The number of carbonyl (C=O) groups is 1. The molecule has 1 aliphatic rings. The molecular formula is C22H20N4O2S2. The standard InChI is InChI=1S/C22H20N4O2S2/c1-13-8-7-11-26-19(13)24-18(23-14(2)15-9-5-4-6-10-15)16(20(26)27)12-17-21(28)25(3)22(29)30-17/h4-12,14,23H,1-3H3/b17-12-/t14-/m0/s1. The Kier molecular flexibility index (Phi) is 5.44. The highest BCUT2D eigenvalue weighted by Gasteiger charge is 2.29. The fourth-order valence-electron chi connectivity index (χ4n) is 3.26. The van der Waals surface area contributed by atoms with E-state index < -0.39 is 0 Å². The number of fused-ring (bicyclic) bond motifs is 1. The molecule has 2 aromatic heterocycles. The number of aromatic nitrogens is 2. The Morgan fingerprint density at radius 2 is 1.90 bits per heavy atom. The summed E-state index contributed by atoms with van der Waals surface area (Å²) in [4.78, 5) is 32.4. The van der Waals surface area contributed by atoms with E-state index in [0.29, 0.717) is 26.3 Å². The van der Waals surface area contributed by atoms with Gasteiger partial charge in [0.25, 0.3) is 11.5 Å². The van der Waals surface area contributed by atoms with Crippen LogP contribution in [0, 0.1) is 6.92 Å². The summed E-state index contributed by atoms with van der Waals surface area (Å²) in [5, 5.41) is 3.36. The van der Waals surface area contributed by atoms with Crippen molar-refractivity contribution in [1.29, 1.82) is 0 Å². The number of rotatable bonds is 4. The molecule has 1 atom stereocenters. The van der Waals surface area contributed by atoms with E-state index >= 15 is 0 Å². The van der Waals surface area contributed by atoms with Crippen LogP contribution < -0.4 is 10.9 Å². The normalized spacial score (nSPS) is 16.5. The van der Waals surface area contributed by atoms with Gasteiger partial charge in [-0.2, -0.15) is 0 Å². The third-order valence-corrected chi connectivity index (χ3v) is 6.48. The second-order valence-corrected chi connectivity index (χ2v) is 8.76. The topological polar surface area (TPSA) is 66.7 Å². The first-order valence-electron chi connectivity index (χ1n) is 9.42. The van der Waals surface area contributed by atoms with Crippen LogP contribution in [0.3, 0.4) is 0 Å². The molecule has 1 fully saturated rings. The van der Waals surface area contributed by atoms with Gasteiger partial charge in [0.05, 0.1) is 10.5 Å². The summed E-state index contributed by atoms with van der Waals surface area (Å²) >= 11 is 6.40. The number of carbonyl (C=O) groups excluding carboxylic acids is 1. The van der Waals surface area contributed by atoms with Gasteiger partial charge < -0.3 is 5.32 Å². The maximum absolute atomic E-state index is 13.3. The molecule has 0 radical (unpaired) electrons. The number of thiocarbonyl (C=S) groups is 1. The SMILES string of the molecule is Cc1cccn2c(=O)c(/C=C3\SC(=S)N(C)C3=O)c(N[C@@H](C)c3ccccc3)nc12. The van der Waals surface area contributed by atoms with Gasteiger partial charge in [0.15, 0.2) is 0 Å². The predicted octanol–water partition coefficient (Wildman–Crippen LogP) is 4.01. The van der Waals surface area contributed by atoms with E-state index in [4.69, 9.17) is 17.2 Å². The highest BCUT2D eigenvalue weighted by molar-refractivity contribution is 8.26. The van der Waals surface area contributed by atoms with Crippen LogP contribution in [0.5, 0.6) is 0 Å². The molecule has 1 amide bonds. The lowest BCUT2D eigenvalue weighted by atomic mass is 10.1. The van der Waals surface area contributed by atoms with Crippen molar-refractivity contribution >= 4 is 51.7 Å². The number of likely N-dealkylation sites (N-methyl/N-ethyl adjacent to an activating group) is 1. The summed E-state index contributed by atoms with van der Waals surface area (Å²) in [5.41, 5.74) is 2.61. The summed E-state index contributed by atoms with van der Waals surface area (Å²) in [5.74, 6) is 0.216. The number of nitrogens with zero attached hydrogens (tertiary/aromatic N) is 3. The molecule has 3 heterocycles. The molecule has 0 spiro atoms. The number of aryl methyl sites for hydroxylation is 1. The van der Waals surface area contributed by atoms with Crippen molar-refractivity contribution < 1.29 is 4.79 Å². The van der Waals surface area contributed by atoms with Crippen LogP contribution in [0.2, 0.25) is 0 Å². The summed E-state index contributed by atoms with van der Waals surface area (Å²) in [6, 6.07) is 13.5. The average Bonchev–Trinajstić information content (AvgIpc) is 2.98. The third kappa shape index (κ3) is 3.64. The van der Waals surface area contributed by atoms with E-state index in [1.165, 1.54) is 21.1 Å². The number of pyridine rings is 1. The first kappa shape index (κ1) is 20.3. The van der Waals surface area contributed by atoms with Crippen molar-refractivity contribution in [3.05, 3.63) is 80.6 Å². The van der Waals surface area contributed by atoms with E-state index in [2.05, 4.69) is 5.32 Å². The fourth-order valence-corrected chi connectivity index (χ4v) is 4.42. The monoisotopic (exact) mass is 436 g/mol. The summed E-state index contributed by atoms with van der Waals surface area (Å²) in [7, 11) is 1.63. The molecule has 0 bridgehead atoms. The molecule has 6 nitrogen and oxygen atoms in total. The van der Waals surface area contributed by atoms with E-state index in [0.717, 1.165) is 11.1 Å². The number of nitrogens with one attached hydrogen (secondary N) is 1. The van der Waals surface area contributed by atoms with Crippen molar-refractivity contribution in [2.45, 2.75) is 19.9 Å². The molecule has 1 aromatic carbocycles. The van der Waals surface area contributed by atoms with Gasteiger partial charge >= 0.3 is 0 Å². The number of hydrogen-bond donors (Lipinski definition) is 1. The molecule has 4 rings (SSSR count). The van der Waals surface area contributed by atoms with Gasteiger partial charge in [-0.15, -0.1) is 0 Å². The minimum Gasteiger partial charge on any atom is -0.363 e. The Labute approximate surface area is 183 Å². The van der Waals surface area contributed by atoms with Crippen LogP contribution in [-0.4, -0.2) is 31.6 Å². The number of hydrogen-bond acceptors (Lipinski definition) is 6. The van der Waals surface area contributed by atoms with Gasteiger partial charge in [-0.3, -0.25) is 18.9 Å². The van der Waals surface area contributed by atoms with Crippen LogP contribution in [0.4, 0.5) is 5.82 Å². The van der Waals surface area contributed by atoms with E-state index in [1.54, 1.807) is 25.4 Å². The Bertz CT molecular complexity index is 1250. The lowest BCUT2D eigenvalue weighted by Gasteiger charge is -2.18. The second-order valence-electron chi connectivity index (χ2n) is 7.08. The first-order chi connectivity index (χ1) is 14.4. The number of amides is 1. The van der Waals surface area contributed by atoms with Crippen molar-refractivity contribution in [3.8, 4) is 0 Å². The Morgan fingerprint density at radius 1 is 1.17 bits per heavy atom. The molecule has 0 aliphatic carbocycles. The van der Waals surface area contributed by atoms with E-state index in [9.17, 15) is 9.59 Å². The van der Waals surface area contributed by atoms with Gasteiger partial charge in [0, 0.05) is 19.3 Å². The quantitative estimate of drug-likeness (QED) is 0.492. The molecule has 30 heavy (non-hydrogen) atoms. The third-order valence-electron chi connectivity index (χ3n) is 5.00. The first-order valence-corrected chi connectivity index (χ1v) is 10.6. The number of benzene rings is 1. The molecule has 0 unspecified atom stereocenters. The van der Waals surface area contributed by atoms with Crippen molar-refractivity contribution in [2.24, 2.45) is 0 Å². The van der Waals surface area contributed by atoms with Gasteiger partial charge in [-0.25, -0.2) is 4.98 Å². The molecule has 0 saturated carbocycles. The molecule has 1 N–H and O–H groups in total. The highest BCUT2D eigenvalue weighted by Crippen LogP contribution is 2.32. The number of thioether (sulfide) groups is 1. The lowest BCUT2D eigenvalue weighted by Crippen LogP contribution is -2.24. The zero-order chi connectivity index (χ0) is 21.4. The van der Waals surface area contributed by atoms with Crippen LogP contribution in [0.25, 0.3) is 11.7 Å². The molecule has 8 heteroatoms. The van der Waals surface area contributed by atoms with Crippen LogP contribution in [0.1, 0.15) is 29.7 Å². The minimum atomic E-state index is -0.243. The van der Waals surface area contributed by atoms with Crippen LogP contribution in [-0.2, 0) is 4.79 Å². The Morgan fingerprint density at radius 3 is 2.57 bits per heavy atom. The molecule has 3 aromatic rings. The van der Waals surface area contributed by atoms with Crippen molar-refractivity contribution in [2.75, 3.05) is 12.4 Å². The lowest BCUT2D eigenvalue weighted by molar-refractivity contribution is -0.121. The van der Waals surface area contributed by atoms with E-state index in [1.807, 2.05) is 50.2 Å². The highest BCUT2D eigenvalue weighted by atomic mass is 32.2. The van der Waals surface area contributed by atoms with Crippen molar-refractivity contribution in [1.82, 2.24) is 14.3 Å².